The summed E-state index contributed by atoms with van der Waals surface area (Å²) in [6.07, 6.45) is 2.97. The van der Waals surface area contributed by atoms with Crippen molar-refractivity contribution in [3.8, 4) is 5.75 Å². The lowest BCUT2D eigenvalue weighted by atomic mass is 10.0. The van der Waals surface area contributed by atoms with Gasteiger partial charge < -0.3 is 14.3 Å². The normalized spacial score (nSPS) is 20.5. The van der Waals surface area contributed by atoms with Gasteiger partial charge >= 0.3 is 0 Å². The number of aliphatic hydroxyl groups excluding tert-OH is 1. The molecule has 0 amide bonds. The van der Waals surface area contributed by atoms with Gasteiger partial charge in [0.2, 0.25) is 0 Å². The van der Waals surface area contributed by atoms with Crippen molar-refractivity contribution in [2.45, 2.75) is 25.9 Å². The summed E-state index contributed by atoms with van der Waals surface area (Å²) in [5, 5.41) is 10.3. The molecule has 0 saturated carbocycles. The van der Waals surface area contributed by atoms with Gasteiger partial charge in [-0.15, -0.1) is 0 Å². The molecule has 0 bridgehead atoms. The van der Waals surface area contributed by atoms with E-state index in [4.69, 9.17) is 20.8 Å². The molecule has 0 aliphatic carbocycles. The second kappa shape index (κ2) is 8.70. The first-order valence-corrected chi connectivity index (χ1v) is 10.2. The summed E-state index contributed by atoms with van der Waals surface area (Å²) in [4.78, 5) is 4.88. The van der Waals surface area contributed by atoms with Gasteiger partial charge in [0.25, 0.3) is 0 Å². The van der Waals surface area contributed by atoms with E-state index in [0.717, 1.165) is 67.0 Å². The fraction of sp³-hybridized carbons (Fsp3) is 0.455. The van der Waals surface area contributed by atoms with Crippen LogP contribution in [-0.4, -0.2) is 60.3 Å². The van der Waals surface area contributed by atoms with E-state index in [-0.39, 0.29) is 6.61 Å². The number of hydrogen-bond donors (Lipinski definition) is 1. The molecule has 2 aliphatic heterocycles. The minimum absolute atomic E-state index is 0.198. The van der Waals surface area contributed by atoms with Gasteiger partial charge in [0.05, 0.1) is 6.54 Å². The number of hydrogen-bond acceptors (Lipinski definition) is 5. The largest absolute Gasteiger partial charge is 0.489 e. The van der Waals surface area contributed by atoms with Gasteiger partial charge in [-0.3, -0.25) is 9.80 Å². The first-order chi connectivity index (χ1) is 13.6. The summed E-state index contributed by atoms with van der Waals surface area (Å²) in [6, 6.07) is 10.1. The highest BCUT2D eigenvalue weighted by atomic mass is 35.5. The number of furan rings is 1. The van der Waals surface area contributed by atoms with E-state index in [9.17, 15) is 5.11 Å². The smallest absolute Gasteiger partial charge is 0.127 e. The van der Waals surface area contributed by atoms with E-state index < -0.39 is 0 Å². The van der Waals surface area contributed by atoms with Crippen molar-refractivity contribution in [1.82, 2.24) is 9.80 Å². The number of aliphatic hydroxyl groups is 1. The number of halogens is 1. The zero-order chi connectivity index (χ0) is 19.5. The van der Waals surface area contributed by atoms with Crippen LogP contribution in [0.1, 0.15) is 23.5 Å². The molecule has 1 N–H and O–H groups in total. The molecule has 1 saturated heterocycles. The molecule has 1 unspecified atom stereocenters. The van der Waals surface area contributed by atoms with E-state index in [1.54, 1.807) is 0 Å². The number of nitrogens with zero attached hydrogens (tertiary/aromatic N) is 2. The fourth-order valence-corrected chi connectivity index (χ4v) is 4.26. The summed E-state index contributed by atoms with van der Waals surface area (Å²) in [5.41, 5.74) is 2.31. The molecule has 1 aromatic carbocycles. The molecule has 28 heavy (non-hydrogen) atoms. The highest BCUT2D eigenvalue weighted by Gasteiger charge is 2.28. The molecule has 4 rings (SSSR count). The van der Waals surface area contributed by atoms with Gasteiger partial charge in [-0.2, -0.15) is 0 Å². The van der Waals surface area contributed by atoms with Crippen LogP contribution < -0.4 is 4.74 Å². The number of aryl methyl sites for hydroxylation is 1. The minimum Gasteiger partial charge on any atom is -0.489 e. The van der Waals surface area contributed by atoms with Crippen LogP contribution in [0.25, 0.3) is 6.08 Å². The molecule has 1 aromatic heterocycles. The van der Waals surface area contributed by atoms with Gasteiger partial charge in [0.15, 0.2) is 0 Å². The lowest BCUT2D eigenvalue weighted by molar-refractivity contribution is 0.0525. The van der Waals surface area contributed by atoms with Crippen LogP contribution in [0.15, 0.2) is 40.3 Å². The van der Waals surface area contributed by atoms with E-state index in [2.05, 4.69) is 15.9 Å². The first kappa shape index (κ1) is 19.5. The van der Waals surface area contributed by atoms with Crippen LogP contribution in [0.5, 0.6) is 5.75 Å². The SMILES string of the molecule is Cc1ccc(CN2CCN(CC3=Cc4cc(Cl)ccc4OC3)CC2CCO)o1. The Morgan fingerprint density at radius 1 is 1.18 bits per heavy atom. The van der Waals surface area contributed by atoms with Crippen LogP contribution in [0.2, 0.25) is 5.02 Å². The Morgan fingerprint density at radius 2 is 2.07 bits per heavy atom. The summed E-state index contributed by atoms with van der Waals surface area (Å²) in [6.45, 7) is 7.33. The Balaban J connectivity index is 1.40. The van der Waals surface area contributed by atoms with Gasteiger partial charge in [0, 0.05) is 49.4 Å². The van der Waals surface area contributed by atoms with Crippen molar-refractivity contribution < 1.29 is 14.3 Å². The molecule has 2 aromatic rings. The predicted octanol–water partition coefficient (Wildman–Crippen LogP) is 3.59. The topological polar surface area (TPSA) is 49.1 Å². The van der Waals surface area contributed by atoms with E-state index in [1.165, 1.54) is 5.57 Å². The molecule has 1 atom stereocenters. The predicted molar refractivity (Wildman–Crippen MR) is 111 cm³/mol. The van der Waals surface area contributed by atoms with E-state index >= 15 is 0 Å². The van der Waals surface area contributed by atoms with Crippen LogP contribution in [0.3, 0.4) is 0 Å². The zero-order valence-corrected chi connectivity index (χ0v) is 17.0. The number of ether oxygens (including phenoxy) is 1. The molecular formula is C22H27ClN2O3. The summed E-state index contributed by atoms with van der Waals surface area (Å²) >= 11 is 6.12. The molecule has 0 radical (unpaired) electrons. The molecule has 5 nitrogen and oxygen atoms in total. The molecule has 150 valence electrons. The molecule has 2 aliphatic rings. The average molecular weight is 403 g/mol. The maximum absolute atomic E-state index is 9.54. The van der Waals surface area contributed by atoms with Gasteiger partial charge in [-0.05, 0) is 55.3 Å². The average Bonchev–Trinajstić information content (AvgIpc) is 3.08. The van der Waals surface area contributed by atoms with Gasteiger partial charge in [-0.25, -0.2) is 0 Å². The van der Waals surface area contributed by atoms with Gasteiger partial charge in [-0.1, -0.05) is 11.6 Å². The van der Waals surface area contributed by atoms with Crippen LogP contribution in [0.4, 0.5) is 0 Å². The summed E-state index contributed by atoms with van der Waals surface area (Å²) in [7, 11) is 0. The van der Waals surface area contributed by atoms with Crippen molar-refractivity contribution in [3.63, 3.8) is 0 Å². The van der Waals surface area contributed by atoms with Crippen molar-refractivity contribution in [3.05, 3.63) is 58.0 Å². The van der Waals surface area contributed by atoms with Crippen molar-refractivity contribution in [2.24, 2.45) is 0 Å². The maximum atomic E-state index is 9.54. The second-order valence-electron chi connectivity index (χ2n) is 7.66. The summed E-state index contributed by atoms with van der Waals surface area (Å²) < 4.78 is 11.6. The quantitative estimate of drug-likeness (QED) is 0.800. The Morgan fingerprint density at radius 3 is 2.86 bits per heavy atom. The van der Waals surface area contributed by atoms with Crippen molar-refractivity contribution in [2.75, 3.05) is 39.4 Å². The van der Waals surface area contributed by atoms with Crippen molar-refractivity contribution in [1.29, 1.82) is 0 Å². The van der Waals surface area contributed by atoms with Crippen LogP contribution in [-0.2, 0) is 6.54 Å². The number of rotatable bonds is 6. The zero-order valence-electron chi connectivity index (χ0n) is 16.2. The fourth-order valence-electron chi connectivity index (χ4n) is 4.08. The standard InChI is InChI=1S/C22H27ClN2O3/c1-16-2-4-21(28-16)14-25-8-7-24(13-20(25)6-9-26)12-17-10-18-11-19(23)3-5-22(18)27-15-17/h2-5,10-11,20,26H,6-9,12-15H2,1H3. The third kappa shape index (κ3) is 4.61. The van der Waals surface area contributed by atoms with Crippen molar-refractivity contribution >= 4 is 17.7 Å². The summed E-state index contributed by atoms with van der Waals surface area (Å²) in [5.74, 6) is 2.83. The molecular weight excluding hydrogens is 376 g/mol. The highest BCUT2D eigenvalue weighted by molar-refractivity contribution is 6.30. The van der Waals surface area contributed by atoms with Gasteiger partial charge in [0.1, 0.15) is 23.9 Å². The Labute approximate surface area is 171 Å². The van der Waals surface area contributed by atoms with E-state index in [0.29, 0.717) is 12.6 Å². The molecule has 1 fully saturated rings. The Kier molecular flexibility index (Phi) is 6.07. The lowest BCUT2D eigenvalue weighted by Gasteiger charge is -2.41. The number of benzene rings is 1. The monoisotopic (exact) mass is 402 g/mol. The Hall–Kier alpha value is -1.79. The molecule has 6 heteroatoms. The highest BCUT2D eigenvalue weighted by Crippen LogP contribution is 2.29. The Bertz CT molecular complexity index is 848. The maximum Gasteiger partial charge on any atom is 0.127 e. The van der Waals surface area contributed by atoms with Crippen LogP contribution in [0, 0.1) is 6.92 Å². The molecule has 3 heterocycles. The van der Waals surface area contributed by atoms with Crippen LogP contribution >= 0.6 is 11.6 Å². The third-order valence-electron chi connectivity index (χ3n) is 5.48. The third-order valence-corrected chi connectivity index (χ3v) is 5.71. The second-order valence-corrected chi connectivity index (χ2v) is 8.09. The minimum atomic E-state index is 0.198. The lowest BCUT2D eigenvalue weighted by Crippen LogP contribution is -2.53. The number of fused-ring (bicyclic) bond motifs is 1. The number of piperazine rings is 1. The van der Waals surface area contributed by atoms with E-state index in [1.807, 2.05) is 37.3 Å². The molecule has 0 spiro atoms. The first-order valence-electron chi connectivity index (χ1n) is 9.85.